The highest BCUT2D eigenvalue weighted by molar-refractivity contribution is 5.83. The molecule has 0 spiro atoms. The zero-order valence-electron chi connectivity index (χ0n) is 19.0. The maximum absolute atomic E-state index is 11.8. The van der Waals surface area contributed by atoms with Gasteiger partial charge < -0.3 is 14.9 Å². The summed E-state index contributed by atoms with van der Waals surface area (Å²) < 4.78 is 0. The van der Waals surface area contributed by atoms with E-state index in [1.165, 1.54) is 5.69 Å². The van der Waals surface area contributed by atoms with Crippen LogP contribution in [0, 0.1) is 0 Å². The SMILES string of the molecule is O=C(CCO)Cc1ccc(-c2ccc3ncc(N4CCN(c5ccncc5)CC4)nc3c2)cc1. The fourth-order valence-corrected chi connectivity index (χ4v) is 4.34. The van der Waals surface area contributed by atoms with Crippen LogP contribution < -0.4 is 9.80 Å². The van der Waals surface area contributed by atoms with Gasteiger partial charge in [0.25, 0.3) is 0 Å². The molecule has 7 nitrogen and oxygen atoms in total. The molecule has 0 unspecified atom stereocenters. The second-order valence-electron chi connectivity index (χ2n) is 8.50. The Morgan fingerprint density at radius 1 is 0.853 bits per heavy atom. The second-order valence-corrected chi connectivity index (χ2v) is 8.50. The van der Waals surface area contributed by atoms with E-state index in [0.29, 0.717) is 6.42 Å². The van der Waals surface area contributed by atoms with Gasteiger partial charge in [-0.2, -0.15) is 0 Å². The highest BCUT2D eigenvalue weighted by atomic mass is 16.3. The number of hydrogen-bond donors (Lipinski definition) is 1. The van der Waals surface area contributed by atoms with E-state index in [-0.39, 0.29) is 18.8 Å². The zero-order chi connectivity index (χ0) is 23.3. The number of anilines is 2. The molecular formula is C27H27N5O2. The summed E-state index contributed by atoms with van der Waals surface area (Å²) >= 11 is 0. The van der Waals surface area contributed by atoms with Gasteiger partial charge in [0.2, 0.25) is 0 Å². The molecule has 1 aliphatic rings. The van der Waals surface area contributed by atoms with Gasteiger partial charge in [-0.1, -0.05) is 30.3 Å². The van der Waals surface area contributed by atoms with Crippen LogP contribution in [-0.2, 0) is 11.2 Å². The summed E-state index contributed by atoms with van der Waals surface area (Å²) in [5.41, 5.74) is 6.03. The first-order chi connectivity index (χ1) is 16.7. The first kappa shape index (κ1) is 22.0. The van der Waals surface area contributed by atoms with Crippen molar-refractivity contribution >= 4 is 28.3 Å². The van der Waals surface area contributed by atoms with Crippen LogP contribution in [0.2, 0.25) is 0 Å². The van der Waals surface area contributed by atoms with Crippen molar-refractivity contribution < 1.29 is 9.90 Å². The largest absolute Gasteiger partial charge is 0.396 e. The second kappa shape index (κ2) is 9.97. The lowest BCUT2D eigenvalue weighted by Crippen LogP contribution is -2.46. The Bertz CT molecular complexity index is 1270. The molecule has 3 heterocycles. The van der Waals surface area contributed by atoms with Crippen LogP contribution >= 0.6 is 0 Å². The predicted molar refractivity (Wildman–Crippen MR) is 134 cm³/mol. The normalized spacial score (nSPS) is 13.9. The van der Waals surface area contributed by atoms with Crippen LogP contribution in [0.5, 0.6) is 0 Å². The van der Waals surface area contributed by atoms with Gasteiger partial charge in [-0.15, -0.1) is 0 Å². The molecule has 1 aliphatic heterocycles. The Labute approximate surface area is 198 Å². The smallest absolute Gasteiger partial charge is 0.147 e. The third kappa shape index (κ3) is 4.89. The maximum atomic E-state index is 11.8. The van der Waals surface area contributed by atoms with Crippen LogP contribution in [-0.4, -0.2) is 58.6 Å². The molecule has 1 N–H and O–H groups in total. The van der Waals surface area contributed by atoms with Crippen LogP contribution in [0.25, 0.3) is 22.2 Å². The number of hydrogen-bond acceptors (Lipinski definition) is 7. The minimum Gasteiger partial charge on any atom is -0.396 e. The fraction of sp³-hybridized carbons (Fsp3) is 0.259. The number of aromatic nitrogens is 3. The van der Waals surface area contributed by atoms with E-state index >= 15 is 0 Å². The Morgan fingerprint density at radius 2 is 1.56 bits per heavy atom. The molecule has 0 radical (unpaired) electrons. The summed E-state index contributed by atoms with van der Waals surface area (Å²) in [6.45, 7) is 3.53. The molecule has 0 amide bonds. The lowest BCUT2D eigenvalue weighted by molar-refractivity contribution is -0.119. The van der Waals surface area contributed by atoms with Gasteiger partial charge in [-0.3, -0.25) is 14.8 Å². The number of piperazine rings is 1. The van der Waals surface area contributed by atoms with Crippen molar-refractivity contribution in [2.24, 2.45) is 0 Å². The summed E-state index contributed by atoms with van der Waals surface area (Å²) in [5.74, 6) is 0.946. The molecule has 34 heavy (non-hydrogen) atoms. The number of carbonyl (C=O) groups is 1. The number of nitrogens with zero attached hydrogens (tertiary/aromatic N) is 5. The predicted octanol–water partition coefficient (Wildman–Crippen LogP) is 3.51. The lowest BCUT2D eigenvalue weighted by Gasteiger charge is -2.36. The van der Waals surface area contributed by atoms with Crippen molar-refractivity contribution in [1.29, 1.82) is 0 Å². The summed E-state index contributed by atoms with van der Waals surface area (Å²) in [6.07, 6.45) is 6.08. The van der Waals surface area contributed by atoms with Gasteiger partial charge in [0, 0.05) is 63.7 Å². The molecule has 5 rings (SSSR count). The minimum atomic E-state index is -0.0997. The van der Waals surface area contributed by atoms with Gasteiger partial charge in [0.1, 0.15) is 11.6 Å². The molecule has 0 saturated carbocycles. The van der Waals surface area contributed by atoms with Crippen LogP contribution in [0.1, 0.15) is 12.0 Å². The number of ketones is 1. The number of Topliss-reactive ketones (excluding diaryl/α,β-unsaturated/α-hetero) is 1. The molecule has 7 heteroatoms. The molecule has 0 atom stereocenters. The van der Waals surface area contributed by atoms with Crippen molar-refractivity contribution in [3.63, 3.8) is 0 Å². The first-order valence-corrected chi connectivity index (χ1v) is 11.6. The number of pyridine rings is 1. The third-order valence-corrected chi connectivity index (χ3v) is 6.24. The zero-order valence-corrected chi connectivity index (χ0v) is 19.0. The Balaban J connectivity index is 1.31. The standard InChI is InChI=1S/C27H27N5O2/c33-16-9-24(34)17-20-1-3-21(4-2-20)22-5-6-25-26(18-22)30-27(19-29-25)32-14-12-31(13-15-32)23-7-10-28-11-8-23/h1-8,10-11,18-19,33H,9,12-17H2. The molecule has 0 bridgehead atoms. The van der Waals surface area contributed by atoms with E-state index in [1.54, 1.807) is 0 Å². The summed E-state index contributed by atoms with van der Waals surface area (Å²) in [4.78, 5) is 30.1. The van der Waals surface area contributed by atoms with Crippen LogP contribution in [0.15, 0.2) is 73.2 Å². The molecule has 4 aromatic rings. The third-order valence-electron chi connectivity index (χ3n) is 6.24. The Kier molecular flexibility index (Phi) is 6.44. The van der Waals surface area contributed by atoms with E-state index in [2.05, 4.69) is 31.9 Å². The quantitative estimate of drug-likeness (QED) is 0.458. The Hall–Kier alpha value is -3.84. The van der Waals surface area contributed by atoms with Crippen molar-refractivity contribution in [3.8, 4) is 11.1 Å². The summed E-state index contributed by atoms with van der Waals surface area (Å²) in [7, 11) is 0. The highest BCUT2D eigenvalue weighted by Gasteiger charge is 2.19. The monoisotopic (exact) mass is 453 g/mol. The Morgan fingerprint density at radius 3 is 2.29 bits per heavy atom. The average Bonchev–Trinajstić information content (AvgIpc) is 2.89. The molecular weight excluding hydrogens is 426 g/mol. The van der Waals surface area contributed by atoms with Crippen LogP contribution in [0.4, 0.5) is 11.5 Å². The molecule has 1 fully saturated rings. The van der Waals surface area contributed by atoms with Crippen molar-refractivity contribution in [1.82, 2.24) is 15.0 Å². The lowest BCUT2D eigenvalue weighted by atomic mass is 10.0. The average molecular weight is 454 g/mol. The van der Waals surface area contributed by atoms with Crippen molar-refractivity contribution in [3.05, 3.63) is 78.8 Å². The summed E-state index contributed by atoms with van der Waals surface area (Å²) in [5, 5.41) is 8.92. The maximum Gasteiger partial charge on any atom is 0.147 e. The van der Waals surface area contributed by atoms with E-state index in [0.717, 1.165) is 59.7 Å². The minimum absolute atomic E-state index is 0.0466. The van der Waals surface area contributed by atoms with Gasteiger partial charge >= 0.3 is 0 Å². The van der Waals surface area contributed by atoms with Crippen LogP contribution in [0.3, 0.4) is 0 Å². The number of aliphatic hydroxyl groups is 1. The van der Waals surface area contributed by atoms with Gasteiger partial charge in [-0.25, -0.2) is 4.98 Å². The number of aliphatic hydroxyl groups excluding tert-OH is 1. The molecule has 2 aromatic heterocycles. The van der Waals surface area contributed by atoms with Crippen molar-refractivity contribution in [2.45, 2.75) is 12.8 Å². The number of carbonyl (C=O) groups excluding carboxylic acids is 1. The van der Waals surface area contributed by atoms with E-state index in [1.807, 2.05) is 61.1 Å². The van der Waals surface area contributed by atoms with Crippen molar-refractivity contribution in [2.75, 3.05) is 42.6 Å². The van der Waals surface area contributed by atoms with E-state index in [9.17, 15) is 4.79 Å². The first-order valence-electron chi connectivity index (χ1n) is 11.6. The van der Waals surface area contributed by atoms with E-state index < -0.39 is 0 Å². The fourth-order valence-electron chi connectivity index (χ4n) is 4.34. The molecule has 0 aliphatic carbocycles. The van der Waals surface area contributed by atoms with Gasteiger partial charge in [-0.05, 0) is 41.0 Å². The number of fused-ring (bicyclic) bond motifs is 1. The van der Waals surface area contributed by atoms with Gasteiger partial charge in [0.15, 0.2) is 0 Å². The van der Waals surface area contributed by atoms with Gasteiger partial charge in [0.05, 0.1) is 17.2 Å². The number of rotatable bonds is 7. The topological polar surface area (TPSA) is 82.5 Å². The summed E-state index contributed by atoms with van der Waals surface area (Å²) in [6, 6.07) is 18.2. The molecule has 172 valence electrons. The number of benzene rings is 2. The molecule has 2 aromatic carbocycles. The molecule has 1 saturated heterocycles. The highest BCUT2D eigenvalue weighted by Crippen LogP contribution is 2.25. The van der Waals surface area contributed by atoms with E-state index in [4.69, 9.17) is 10.1 Å².